The first-order valence-corrected chi connectivity index (χ1v) is 7.31. The number of aromatic nitrogens is 5. The minimum atomic E-state index is 0.235. The van der Waals surface area contributed by atoms with Crippen molar-refractivity contribution in [3.8, 4) is 11.1 Å². The monoisotopic (exact) mass is 283 g/mol. The summed E-state index contributed by atoms with van der Waals surface area (Å²) < 4.78 is 2.00. The smallest absolute Gasteiger partial charge is 0.160 e. The molecule has 6 heteroatoms. The Bertz CT molecular complexity index is 762. The van der Waals surface area contributed by atoms with Crippen molar-refractivity contribution in [1.29, 1.82) is 0 Å². The first-order chi connectivity index (χ1) is 10.4. The molecule has 0 bridgehead atoms. The van der Waals surface area contributed by atoms with Crippen LogP contribution in [0.3, 0.4) is 0 Å². The van der Waals surface area contributed by atoms with Crippen molar-refractivity contribution >= 4 is 11.0 Å². The van der Waals surface area contributed by atoms with Crippen LogP contribution in [0.5, 0.6) is 0 Å². The maximum atomic E-state index is 9.47. The van der Waals surface area contributed by atoms with Crippen LogP contribution in [0, 0.1) is 5.92 Å². The van der Waals surface area contributed by atoms with Crippen molar-refractivity contribution in [3.63, 3.8) is 0 Å². The predicted molar refractivity (Wildman–Crippen MR) is 78.6 cm³/mol. The number of hydrogen-bond donors (Lipinski definition) is 2. The molecule has 1 saturated carbocycles. The third-order valence-electron chi connectivity index (χ3n) is 4.47. The van der Waals surface area contributed by atoms with Gasteiger partial charge in [0.05, 0.1) is 18.4 Å². The molecule has 6 nitrogen and oxygen atoms in total. The second kappa shape index (κ2) is 4.96. The summed E-state index contributed by atoms with van der Waals surface area (Å²) in [6, 6.07) is 2.31. The van der Waals surface area contributed by atoms with Gasteiger partial charge >= 0.3 is 0 Å². The first kappa shape index (κ1) is 12.5. The SMILES string of the molecule is OC[C@H]1CCC[C@H]1n1cc(-c2cnnc3[nH]ccc23)cn1. The summed E-state index contributed by atoms with van der Waals surface area (Å²) in [6.07, 6.45) is 10.9. The predicted octanol–water partition coefficient (Wildman–Crippen LogP) is 2.15. The minimum absolute atomic E-state index is 0.235. The Balaban J connectivity index is 1.73. The molecule has 21 heavy (non-hydrogen) atoms. The van der Waals surface area contributed by atoms with Gasteiger partial charge in [0.25, 0.3) is 0 Å². The highest BCUT2D eigenvalue weighted by Crippen LogP contribution is 2.36. The van der Waals surface area contributed by atoms with Crippen LogP contribution in [0.2, 0.25) is 0 Å². The highest BCUT2D eigenvalue weighted by atomic mass is 16.3. The van der Waals surface area contributed by atoms with E-state index < -0.39 is 0 Å². The molecular formula is C15H17N5O. The lowest BCUT2D eigenvalue weighted by Gasteiger charge is -2.17. The van der Waals surface area contributed by atoms with E-state index in [1.165, 1.54) is 0 Å². The van der Waals surface area contributed by atoms with E-state index in [9.17, 15) is 5.11 Å². The van der Waals surface area contributed by atoms with E-state index >= 15 is 0 Å². The summed E-state index contributed by atoms with van der Waals surface area (Å²) in [5, 5.41) is 23.1. The lowest BCUT2D eigenvalue weighted by molar-refractivity contribution is 0.190. The number of nitrogens with zero attached hydrogens (tertiary/aromatic N) is 4. The number of H-pyrrole nitrogens is 1. The number of nitrogens with one attached hydrogen (secondary N) is 1. The zero-order valence-corrected chi connectivity index (χ0v) is 11.6. The Labute approximate surface area is 121 Å². The van der Waals surface area contributed by atoms with Crippen LogP contribution < -0.4 is 0 Å². The zero-order chi connectivity index (χ0) is 14.2. The summed E-state index contributed by atoms with van der Waals surface area (Å²) in [5.74, 6) is 0.320. The molecule has 0 radical (unpaired) electrons. The van der Waals surface area contributed by atoms with E-state index in [0.29, 0.717) is 12.0 Å². The van der Waals surface area contributed by atoms with Gasteiger partial charge in [0.2, 0.25) is 0 Å². The quantitative estimate of drug-likeness (QED) is 0.772. The molecule has 0 aromatic carbocycles. The molecule has 2 atom stereocenters. The van der Waals surface area contributed by atoms with Crippen molar-refractivity contribution in [2.24, 2.45) is 5.92 Å². The standard InChI is InChI=1S/C15H17N5O/c21-9-10-2-1-3-14(10)20-8-11(6-18-20)13-7-17-19-15-12(13)4-5-16-15/h4-8,10,14,21H,1-3,9H2,(H,16,19)/t10-,14-/m1/s1. The third kappa shape index (κ3) is 2.03. The number of aromatic amines is 1. The molecule has 3 aromatic rings. The van der Waals surface area contributed by atoms with Gasteiger partial charge in [-0.2, -0.15) is 10.2 Å². The van der Waals surface area contributed by atoms with Gasteiger partial charge in [0.1, 0.15) is 0 Å². The van der Waals surface area contributed by atoms with E-state index in [1.807, 2.05) is 23.1 Å². The van der Waals surface area contributed by atoms with Gasteiger partial charge in [-0.25, -0.2) is 0 Å². The largest absolute Gasteiger partial charge is 0.396 e. The van der Waals surface area contributed by atoms with Gasteiger partial charge in [-0.1, -0.05) is 6.42 Å². The number of aliphatic hydroxyl groups is 1. The topological polar surface area (TPSA) is 79.6 Å². The molecule has 2 N–H and O–H groups in total. The fraction of sp³-hybridized carbons (Fsp3) is 0.400. The first-order valence-electron chi connectivity index (χ1n) is 7.31. The lowest BCUT2D eigenvalue weighted by Crippen LogP contribution is -2.17. The molecule has 1 aliphatic carbocycles. The normalized spacial score (nSPS) is 22.1. The Hall–Kier alpha value is -2.21. The molecule has 3 aromatic heterocycles. The highest BCUT2D eigenvalue weighted by molar-refractivity contribution is 5.91. The van der Waals surface area contributed by atoms with Gasteiger partial charge in [0.15, 0.2) is 5.65 Å². The molecule has 0 amide bonds. The van der Waals surface area contributed by atoms with E-state index in [0.717, 1.165) is 41.4 Å². The van der Waals surface area contributed by atoms with Gasteiger partial charge in [-0.15, -0.1) is 5.10 Å². The number of aliphatic hydroxyl groups excluding tert-OH is 1. The second-order valence-electron chi connectivity index (χ2n) is 5.65. The summed E-state index contributed by atoms with van der Waals surface area (Å²) in [6.45, 7) is 0.235. The number of fused-ring (bicyclic) bond motifs is 1. The third-order valence-corrected chi connectivity index (χ3v) is 4.47. The van der Waals surface area contributed by atoms with E-state index in [2.05, 4.69) is 26.5 Å². The average molecular weight is 283 g/mol. The van der Waals surface area contributed by atoms with Gasteiger partial charge in [0, 0.05) is 41.4 Å². The minimum Gasteiger partial charge on any atom is -0.396 e. The van der Waals surface area contributed by atoms with E-state index in [4.69, 9.17) is 0 Å². The molecule has 1 aliphatic rings. The van der Waals surface area contributed by atoms with Crippen LogP contribution in [-0.2, 0) is 0 Å². The van der Waals surface area contributed by atoms with E-state index in [1.54, 1.807) is 6.20 Å². The fourth-order valence-electron chi connectivity index (χ4n) is 3.34. The molecule has 4 rings (SSSR count). The molecule has 0 saturated heterocycles. The van der Waals surface area contributed by atoms with E-state index in [-0.39, 0.29) is 6.61 Å². The molecule has 3 heterocycles. The lowest BCUT2D eigenvalue weighted by atomic mass is 10.1. The molecule has 108 valence electrons. The summed E-state index contributed by atoms with van der Waals surface area (Å²) in [7, 11) is 0. The van der Waals surface area contributed by atoms with Crippen molar-refractivity contribution in [2.45, 2.75) is 25.3 Å². The summed E-state index contributed by atoms with van der Waals surface area (Å²) >= 11 is 0. The molecule has 0 unspecified atom stereocenters. The van der Waals surface area contributed by atoms with Crippen LogP contribution in [-0.4, -0.2) is 36.7 Å². The second-order valence-corrected chi connectivity index (χ2v) is 5.65. The Morgan fingerprint density at radius 1 is 1.33 bits per heavy atom. The van der Waals surface area contributed by atoms with Crippen LogP contribution in [0.25, 0.3) is 22.2 Å². The molecule has 0 spiro atoms. The molecule has 1 fully saturated rings. The number of rotatable bonds is 3. The highest BCUT2D eigenvalue weighted by Gasteiger charge is 2.28. The summed E-state index contributed by atoms with van der Waals surface area (Å²) in [4.78, 5) is 3.07. The van der Waals surface area contributed by atoms with Gasteiger partial charge in [-0.05, 0) is 18.9 Å². The molecule has 0 aliphatic heterocycles. The maximum absolute atomic E-state index is 9.47. The van der Waals surface area contributed by atoms with Crippen molar-refractivity contribution in [3.05, 3.63) is 30.9 Å². The van der Waals surface area contributed by atoms with Crippen LogP contribution in [0.4, 0.5) is 0 Å². The Morgan fingerprint density at radius 2 is 2.29 bits per heavy atom. The zero-order valence-electron chi connectivity index (χ0n) is 11.6. The van der Waals surface area contributed by atoms with Crippen molar-refractivity contribution < 1.29 is 5.11 Å². The van der Waals surface area contributed by atoms with Crippen molar-refractivity contribution in [2.75, 3.05) is 6.61 Å². The molecular weight excluding hydrogens is 266 g/mol. The summed E-state index contributed by atoms with van der Waals surface area (Å²) in [5.41, 5.74) is 2.86. The van der Waals surface area contributed by atoms with Crippen molar-refractivity contribution in [1.82, 2.24) is 25.0 Å². The van der Waals surface area contributed by atoms with Crippen LogP contribution in [0.1, 0.15) is 25.3 Å². The van der Waals surface area contributed by atoms with Gasteiger partial charge in [-0.3, -0.25) is 4.68 Å². The Kier molecular flexibility index (Phi) is 2.96. The van der Waals surface area contributed by atoms with Crippen LogP contribution in [0.15, 0.2) is 30.9 Å². The average Bonchev–Trinajstić information content (AvgIpc) is 3.24. The number of hydrogen-bond acceptors (Lipinski definition) is 4. The van der Waals surface area contributed by atoms with Crippen LogP contribution >= 0.6 is 0 Å². The fourth-order valence-corrected chi connectivity index (χ4v) is 3.34. The van der Waals surface area contributed by atoms with Gasteiger partial charge < -0.3 is 10.1 Å². The Morgan fingerprint density at radius 3 is 3.19 bits per heavy atom. The maximum Gasteiger partial charge on any atom is 0.160 e.